The first-order chi connectivity index (χ1) is 13.1. The number of fused-ring (bicyclic) bond motifs is 2. The Morgan fingerprint density at radius 3 is 2.96 bits per heavy atom. The number of benzene rings is 1. The predicted octanol–water partition coefficient (Wildman–Crippen LogP) is 3.52. The normalized spacial score (nSPS) is 18.5. The first-order valence-electron chi connectivity index (χ1n) is 9.21. The lowest BCUT2D eigenvalue weighted by molar-refractivity contribution is 0.214. The van der Waals surface area contributed by atoms with Crippen LogP contribution in [0.2, 0.25) is 0 Å². The van der Waals surface area contributed by atoms with Gasteiger partial charge in [0, 0.05) is 23.7 Å². The Labute approximate surface area is 156 Å². The molecule has 0 amide bonds. The molecule has 1 fully saturated rings. The molecule has 1 N–H and O–H groups in total. The Hall–Kier alpha value is -2.93. The van der Waals surface area contributed by atoms with Crippen molar-refractivity contribution < 1.29 is 9.52 Å². The summed E-state index contributed by atoms with van der Waals surface area (Å²) in [5.41, 5.74) is 4.49. The summed E-state index contributed by atoms with van der Waals surface area (Å²) in [5, 5.41) is 20.3. The zero-order valence-electron chi connectivity index (χ0n) is 15.4. The van der Waals surface area contributed by atoms with Crippen LogP contribution in [0.1, 0.15) is 24.4 Å². The number of aromatic nitrogens is 4. The molecular weight excluding hydrogens is 342 g/mol. The predicted molar refractivity (Wildman–Crippen MR) is 103 cm³/mol. The number of imidazole rings is 1. The highest BCUT2D eigenvalue weighted by molar-refractivity contribution is 5.93. The van der Waals surface area contributed by atoms with Gasteiger partial charge in [-0.05, 0) is 51.6 Å². The third-order valence-electron chi connectivity index (χ3n) is 5.58. The number of phenolic OH excluding ortho intramolecular Hbond substituents is 1. The molecule has 1 aliphatic heterocycles. The van der Waals surface area contributed by atoms with E-state index in [1.54, 1.807) is 12.3 Å². The molecule has 1 saturated heterocycles. The van der Waals surface area contributed by atoms with Crippen LogP contribution in [-0.4, -0.2) is 49.9 Å². The molecule has 4 heterocycles. The summed E-state index contributed by atoms with van der Waals surface area (Å²) < 4.78 is 7.50. The number of likely N-dealkylation sites (N-methyl/N-ethyl adjacent to an activating group) is 1. The third kappa shape index (κ3) is 2.49. The Kier molecular flexibility index (Phi) is 3.65. The van der Waals surface area contributed by atoms with Gasteiger partial charge < -0.3 is 19.0 Å². The van der Waals surface area contributed by atoms with Crippen LogP contribution >= 0.6 is 0 Å². The van der Waals surface area contributed by atoms with Crippen molar-refractivity contribution >= 4 is 22.1 Å². The topological polar surface area (TPSA) is 80.2 Å². The van der Waals surface area contributed by atoms with Crippen LogP contribution in [0.5, 0.6) is 5.75 Å². The quantitative estimate of drug-likeness (QED) is 0.587. The van der Waals surface area contributed by atoms with Crippen LogP contribution in [0.15, 0.2) is 35.2 Å². The van der Waals surface area contributed by atoms with E-state index < -0.39 is 0 Å². The summed E-state index contributed by atoms with van der Waals surface area (Å²) in [4.78, 5) is 6.97. The molecule has 0 spiro atoms. The number of piperidine rings is 1. The Morgan fingerprint density at radius 1 is 1.22 bits per heavy atom. The number of likely N-dealkylation sites (tertiary alicyclic amines) is 1. The largest absolute Gasteiger partial charge is 0.506 e. The first kappa shape index (κ1) is 16.3. The number of phenols is 1. The summed E-state index contributed by atoms with van der Waals surface area (Å²) in [7, 11) is 2.15. The zero-order chi connectivity index (χ0) is 18.5. The van der Waals surface area contributed by atoms with E-state index in [1.165, 1.54) is 6.42 Å². The molecule has 0 bridgehead atoms. The van der Waals surface area contributed by atoms with E-state index in [4.69, 9.17) is 4.42 Å². The van der Waals surface area contributed by atoms with Gasteiger partial charge in [-0.15, -0.1) is 10.2 Å². The summed E-state index contributed by atoms with van der Waals surface area (Å²) >= 11 is 0. The van der Waals surface area contributed by atoms with Gasteiger partial charge in [-0.1, -0.05) is 0 Å². The maximum absolute atomic E-state index is 10.7. The first-order valence-corrected chi connectivity index (χ1v) is 9.21. The fourth-order valence-corrected chi connectivity index (χ4v) is 4.11. The molecule has 3 aromatic heterocycles. The average molecular weight is 363 g/mol. The summed E-state index contributed by atoms with van der Waals surface area (Å²) in [6.07, 6.45) is 5.73. The van der Waals surface area contributed by atoms with Crippen molar-refractivity contribution in [2.75, 3.05) is 20.1 Å². The van der Waals surface area contributed by atoms with Crippen molar-refractivity contribution in [2.24, 2.45) is 0 Å². The molecule has 0 aliphatic carbocycles. The SMILES string of the molecule is Cc1c(-c2ccc3occc3c2O)nnc2c1ncn2[C@@H]1CCCN(C)C1. The van der Waals surface area contributed by atoms with Gasteiger partial charge in [0.25, 0.3) is 0 Å². The number of hydrogen-bond acceptors (Lipinski definition) is 6. The highest BCUT2D eigenvalue weighted by Gasteiger charge is 2.23. The van der Waals surface area contributed by atoms with Crippen molar-refractivity contribution in [3.8, 4) is 17.0 Å². The van der Waals surface area contributed by atoms with Crippen LogP contribution in [0.25, 0.3) is 33.4 Å². The molecule has 1 atom stereocenters. The van der Waals surface area contributed by atoms with Gasteiger partial charge in [-0.2, -0.15) is 0 Å². The number of hydrogen-bond donors (Lipinski definition) is 1. The monoisotopic (exact) mass is 363 g/mol. The van der Waals surface area contributed by atoms with Gasteiger partial charge in [0.1, 0.15) is 22.5 Å². The number of aryl methyl sites for hydroxylation is 1. The summed E-state index contributed by atoms with van der Waals surface area (Å²) in [5.74, 6) is 0.159. The highest BCUT2D eigenvalue weighted by Crippen LogP contribution is 2.38. The summed E-state index contributed by atoms with van der Waals surface area (Å²) in [6, 6.07) is 5.77. The molecule has 27 heavy (non-hydrogen) atoms. The lowest BCUT2D eigenvalue weighted by Crippen LogP contribution is -2.33. The molecule has 7 heteroatoms. The molecule has 0 radical (unpaired) electrons. The van der Waals surface area contributed by atoms with Crippen LogP contribution in [0.4, 0.5) is 0 Å². The average Bonchev–Trinajstić information content (AvgIpc) is 3.30. The van der Waals surface area contributed by atoms with Gasteiger partial charge >= 0.3 is 0 Å². The van der Waals surface area contributed by atoms with E-state index in [1.807, 2.05) is 25.4 Å². The van der Waals surface area contributed by atoms with E-state index in [9.17, 15) is 5.11 Å². The Balaban J connectivity index is 1.62. The minimum atomic E-state index is 0.159. The third-order valence-corrected chi connectivity index (χ3v) is 5.58. The van der Waals surface area contributed by atoms with Gasteiger partial charge in [0.2, 0.25) is 0 Å². The van der Waals surface area contributed by atoms with Crippen molar-refractivity contribution in [3.63, 3.8) is 0 Å². The van der Waals surface area contributed by atoms with Gasteiger partial charge in [-0.3, -0.25) is 0 Å². The number of aromatic hydroxyl groups is 1. The minimum absolute atomic E-state index is 0.159. The molecule has 0 unspecified atom stereocenters. The summed E-state index contributed by atoms with van der Waals surface area (Å²) in [6.45, 7) is 4.11. The minimum Gasteiger partial charge on any atom is -0.506 e. The maximum Gasteiger partial charge on any atom is 0.183 e. The molecular formula is C20H21N5O2. The highest BCUT2D eigenvalue weighted by atomic mass is 16.3. The lowest BCUT2D eigenvalue weighted by atomic mass is 10.0. The number of nitrogens with zero attached hydrogens (tertiary/aromatic N) is 5. The van der Waals surface area contributed by atoms with Crippen molar-refractivity contribution in [1.29, 1.82) is 0 Å². The number of rotatable bonds is 2. The standard InChI is InChI=1S/C20H21N5O2/c1-12-17(15-5-6-16-14(19(15)26)7-9-27-16)22-23-20-18(12)21-11-25(20)13-4-3-8-24(2)10-13/h5-7,9,11,13,26H,3-4,8,10H2,1-2H3/t13-/m1/s1. The lowest BCUT2D eigenvalue weighted by Gasteiger charge is -2.30. The Morgan fingerprint density at radius 2 is 2.11 bits per heavy atom. The van der Waals surface area contributed by atoms with Crippen LogP contribution in [0, 0.1) is 6.92 Å². The molecule has 4 aromatic rings. The van der Waals surface area contributed by atoms with Crippen LogP contribution in [-0.2, 0) is 0 Å². The van der Waals surface area contributed by atoms with E-state index in [2.05, 4.69) is 31.7 Å². The van der Waals surface area contributed by atoms with Gasteiger partial charge in [-0.25, -0.2) is 4.98 Å². The smallest absolute Gasteiger partial charge is 0.183 e. The molecule has 1 aromatic carbocycles. The van der Waals surface area contributed by atoms with Crippen molar-refractivity contribution in [3.05, 3.63) is 36.4 Å². The van der Waals surface area contributed by atoms with Crippen molar-refractivity contribution in [2.45, 2.75) is 25.8 Å². The molecule has 5 rings (SSSR count). The fourth-order valence-electron chi connectivity index (χ4n) is 4.11. The second-order valence-electron chi connectivity index (χ2n) is 7.35. The molecule has 7 nitrogen and oxygen atoms in total. The van der Waals surface area contributed by atoms with Gasteiger partial charge in [0.15, 0.2) is 5.65 Å². The van der Waals surface area contributed by atoms with E-state index >= 15 is 0 Å². The van der Waals surface area contributed by atoms with Crippen molar-refractivity contribution in [1.82, 2.24) is 24.6 Å². The van der Waals surface area contributed by atoms with Crippen LogP contribution in [0.3, 0.4) is 0 Å². The molecule has 138 valence electrons. The van der Waals surface area contributed by atoms with Gasteiger partial charge in [0.05, 0.1) is 18.0 Å². The second kappa shape index (κ2) is 6.06. The van der Waals surface area contributed by atoms with Crippen LogP contribution < -0.4 is 0 Å². The maximum atomic E-state index is 10.7. The van der Waals surface area contributed by atoms with E-state index in [-0.39, 0.29) is 5.75 Å². The second-order valence-corrected chi connectivity index (χ2v) is 7.35. The number of furan rings is 1. The fraction of sp³-hybridized carbons (Fsp3) is 0.350. The molecule has 1 aliphatic rings. The van der Waals surface area contributed by atoms with E-state index in [0.717, 1.165) is 36.2 Å². The zero-order valence-corrected chi connectivity index (χ0v) is 15.4. The Bertz CT molecular complexity index is 1150. The van der Waals surface area contributed by atoms with E-state index in [0.29, 0.717) is 28.3 Å². The molecule has 0 saturated carbocycles.